The third kappa shape index (κ3) is 4.24. The number of hydrogen-bond donors (Lipinski definition) is 2. The standard InChI is InChI=1S/C17H27NO/c1-2-5-14-7-4-10-17(18,11-9-14)13-15-6-3-8-16(19)12-15/h3,6,8,12,14,19H,2,4-5,7,9-11,13,18H2,1H3. The second-order valence-electron chi connectivity index (χ2n) is 6.29. The molecule has 0 spiro atoms. The minimum absolute atomic E-state index is 0.0731. The van der Waals surface area contributed by atoms with Gasteiger partial charge < -0.3 is 10.8 Å². The lowest BCUT2D eigenvalue weighted by atomic mass is 9.84. The summed E-state index contributed by atoms with van der Waals surface area (Å²) in [6.45, 7) is 2.27. The Bertz CT molecular complexity index is 404. The molecule has 0 aliphatic heterocycles. The average molecular weight is 261 g/mol. The first-order valence-corrected chi connectivity index (χ1v) is 7.68. The number of hydrogen-bond acceptors (Lipinski definition) is 2. The van der Waals surface area contributed by atoms with E-state index in [-0.39, 0.29) is 5.54 Å². The van der Waals surface area contributed by atoms with E-state index in [0.717, 1.165) is 30.7 Å². The first-order valence-electron chi connectivity index (χ1n) is 7.68. The van der Waals surface area contributed by atoms with Crippen molar-refractivity contribution in [1.82, 2.24) is 0 Å². The van der Waals surface area contributed by atoms with Crippen molar-refractivity contribution in [3.05, 3.63) is 29.8 Å². The molecule has 2 nitrogen and oxygen atoms in total. The highest BCUT2D eigenvalue weighted by Gasteiger charge is 2.29. The summed E-state index contributed by atoms with van der Waals surface area (Å²) in [7, 11) is 0. The van der Waals surface area contributed by atoms with E-state index in [1.54, 1.807) is 6.07 Å². The van der Waals surface area contributed by atoms with Crippen LogP contribution in [0.15, 0.2) is 24.3 Å². The molecule has 19 heavy (non-hydrogen) atoms. The molecule has 1 aromatic rings. The van der Waals surface area contributed by atoms with Crippen LogP contribution >= 0.6 is 0 Å². The Morgan fingerprint density at radius 3 is 2.89 bits per heavy atom. The zero-order chi connectivity index (χ0) is 13.7. The lowest BCUT2D eigenvalue weighted by Gasteiger charge is -2.28. The van der Waals surface area contributed by atoms with Crippen LogP contribution in [0.1, 0.15) is 57.4 Å². The lowest BCUT2D eigenvalue weighted by Crippen LogP contribution is -2.41. The van der Waals surface area contributed by atoms with Crippen molar-refractivity contribution < 1.29 is 5.11 Å². The van der Waals surface area contributed by atoms with E-state index in [9.17, 15) is 5.11 Å². The van der Waals surface area contributed by atoms with Gasteiger partial charge in [0.05, 0.1) is 0 Å². The van der Waals surface area contributed by atoms with Crippen molar-refractivity contribution >= 4 is 0 Å². The third-order valence-corrected chi connectivity index (χ3v) is 4.50. The molecular weight excluding hydrogens is 234 g/mol. The van der Waals surface area contributed by atoms with Crippen molar-refractivity contribution in [1.29, 1.82) is 0 Å². The molecule has 1 fully saturated rings. The van der Waals surface area contributed by atoms with Crippen LogP contribution in [0.25, 0.3) is 0 Å². The Morgan fingerprint density at radius 2 is 2.16 bits per heavy atom. The van der Waals surface area contributed by atoms with Crippen LogP contribution in [0, 0.1) is 5.92 Å². The normalized spacial score (nSPS) is 28.0. The highest BCUT2D eigenvalue weighted by atomic mass is 16.3. The number of phenolic OH excluding ortho intramolecular Hbond substituents is 1. The number of aromatic hydroxyl groups is 1. The van der Waals surface area contributed by atoms with Gasteiger partial charge in [0, 0.05) is 5.54 Å². The molecule has 1 aliphatic rings. The number of benzene rings is 1. The Morgan fingerprint density at radius 1 is 1.32 bits per heavy atom. The fourth-order valence-electron chi connectivity index (χ4n) is 3.45. The Labute approximate surface area is 117 Å². The van der Waals surface area contributed by atoms with Crippen LogP contribution < -0.4 is 5.73 Å². The summed E-state index contributed by atoms with van der Waals surface area (Å²) in [6.07, 6.45) is 9.61. The fraction of sp³-hybridized carbons (Fsp3) is 0.647. The Balaban J connectivity index is 1.98. The van der Waals surface area contributed by atoms with Gasteiger partial charge in [0.2, 0.25) is 0 Å². The predicted molar refractivity (Wildman–Crippen MR) is 80.2 cm³/mol. The molecule has 1 aliphatic carbocycles. The highest BCUT2D eigenvalue weighted by molar-refractivity contribution is 5.28. The van der Waals surface area contributed by atoms with Crippen LogP contribution in [0.5, 0.6) is 5.75 Å². The van der Waals surface area contributed by atoms with Crippen LogP contribution in [0.2, 0.25) is 0 Å². The summed E-state index contributed by atoms with van der Waals surface area (Å²) in [6, 6.07) is 7.55. The smallest absolute Gasteiger partial charge is 0.115 e. The lowest BCUT2D eigenvalue weighted by molar-refractivity contribution is 0.354. The summed E-state index contributed by atoms with van der Waals surface area (Å²) in [5.74, 6) is 1.22. The molecule has 3 N–H and O–H groups in total. The van der Waals surface area contributed by atoms with Gasteiger partial charge in [-0.2, -0.15) is 0 Å². The molecule has 2 rings (SSSR count). The molecule has 2 unspecified atom stereocenters. The van der Waals surface area contributed by atoms with Gasteiger partial charge in [-0.05, 0) is 49.3 Å². The van der Waals surface area contributed by atoms with Gasteiger partial charge >= 0.3 is 0 Å². The number of phenols is 1. The van der Waals surface area contributed by atoms with Gasteiger partial charge in [-0.3, -0.25) is 0 Å². The molecule has 1 aromatic carbocycles. The number of nitrogens with two attached hydrogens (primary N) is 1. The number of rotatable bonds is 4. The van der Waals surface area contributed by atoms with Crippen molar-refractivity contribution in [2.45, 2.75) is 63.8 Å². The zero-order valence-corrected chi connectivity index (χ0v) is 12.1. The van der Waals surface area contributed by atoms with Gasteiger partial charge in [-0.25, -0.2) is 0 Å². The maximum Gasteiger partial charge on any atom is 0.115 e. The molecule has 106 valence electrons. The van der Waals surface area contributed by atoms with Gasteiger partial charge in [-0.15, -0.1) is 0 Å². The maximum absolute atomic E-state index is 9.55. The van der Waals surface area contributed by atoms with Gasteiger partial charge in [-0.1, -0.05) is 44.7 Å². The highest BCUT2D eigenvalue weighted by Crippen LogP contribution is 2.33. The van der Waals surface area contributed by atoms with E-state index in [1.807, 2.05) is 12.1 Å². The van der Waals surface area contributed by atoms with E-state index in [2.05, 4.69) is 13.0 Å². The molecule has 0 bridgehead atoms. The van der Waals surface area contributed by atoms with Crippen molar-refractivity contribution in [2.24, 2.45) is 11.7 Å². The minimum Gasteiger partial charge on any atom is -0.508 e. The molecule has 0 heterocycles. The van der Waals surface area contributed by atoms with Crippen molar-refractivity contribution in [3.63, 3.8) is 0 Å². The maximum atomic E-state index is 9.55. The largest absolute Gasteiger partial charge is 0.508 e. The molecular formula is C17H27NO. The van der Waals surface area contributed by atoms with E-state index in [0.29, 0.717) is 5.75 Å². The Hall–Kier alpha value is -1.02. The SMILES string of the molecule is CCCC1CCCC(N)(Cc2cccc(O)c2)CC1. The molecule has 2 heteroatoms. The first-order chi connectivity index (χ1) is 9.11. The Kier molecular flexibility index (Phi) is 4.87. The summed E-state index contributed by atoms with van der Waals surface area (Å²) in [5, 5.41) is 9.55. The van der Waals surface area contributed by atoms with Crippen LogP contribution in [-0.4, -0.2) is 10.6 Å². The molecule has 1 saturated carbocycles. The van der Waals surface area contributed by atoms with E-state index in [4.69, 9.17) is 5.73 Å². The van der Waals surface area contributed by atoms with Gasteiger partial charge in [0.1, 0.15) is 5.75 Å². The monoisotopic (exact) mass is 261 g/mol. The van der Waals surface area contributed by atoms with Gasteiger partial charge in [0.15, 0.2) is 0 Å². The average Bonchev–Trinajstić information content (AvgIpc) is 2.53. The van der Waals surface area contributed by atoms with E-state index < -0.39 is 0 Å². The summed E-state index contributed by atoms with van der Waals surface area (Å²) in [4.78, 5) is 0. The van der Waals surface area contributed by atoms with E-state index in [1.165, 1.54) is 32.1 Å². The minimum atomic E-state index is -0.0731. The molecule has 2 atom stereocenters. The predicted octanol–water partition coefficient (Wildman–Crippen LogP) is 4.01. The zero-order valence-electron chi connectivity index (χ0n) is 12.1. The molecule has 0 saturated heterocycles. The molecule has 0 aromatic heterocycles. The quantitative estimate of drug-likeness (QED) is 0.804. The van der Waals surface area contributed by atoms with Crippen LogP contribution in [0.3, 0.4) is 0 Å². The second kappa shape index (κ2) is 6.42. The third-order valence-electron chi connectivity index (χ3n) is 4.50. The molecule has 0 radical (unpaired) electrons. The van der Waals surface area contributed by atoms with Crippen LogP contribution in [0.4, 0.5) is 0 Å². The summed E-state index contributed by atoms with van der Waals surface area (Å²) < 4.78 is 0. The summed E-state index contributed by atoms with van der Waals surface area (Å²) in [5.41, 5.74) is 7.71. The fourth-order valence-corrected chi connectivity index (χ4v) is 3.45. The first kappa shape index (κ1) is 14.4. The van der Waals surface area contributed by atoms with E-state index >= 15 is 0 Å². The van der Waals surface area contributed by atoms with Crippen LogP contribution in [-0.2, 0) is 6.42 Å². The second-order valence-corrected chi connectivity index (χ2v) is 6.29. The van der Waals surface area contributed by atoms with Gasteiger partial charge in [0.25, 0.3) is 0 Å². The molecule has 0 amide bonds. The topological polar surface area (TPSA) is 46.2 Å². The summed E-state index contributed by atoms with van der Waals surface area (Å²) >= 11 is 0. The van der Waals surface area contributed by atoms with Crippen molar-refractivity contribution in [3.8, 4) is 5.75 Å². The van der Waals surface area contributed by atoms with Crippen molar-refractivity contribution in [2.75, 3.05) is 0 Å².